The molecule has 0 bridgehead atoms. The summed E-state index contributed by atoms with van der Waals surface area (Å²) in [7, 11) is 0. The SMILES string of the molecule is O=C(O)Cc1ccc(CSC(=S)n2ccnc2)cc1. The molecule has 1 aromatic carbocycles. The molecule has 0 atom stereocenters. The zero-order valence-corrected chi connectivity index (χ0v) is 11.7. The minimum Gasteiger partial charge on any atom is -0.481 e. The molecule has 0 aliphatic rings. The molecule has 6 heteroatoms. The molecule has 2 aromatic rings. The standard InChI is InChI=1S/C13H12N2O2S2/c16-12(17)7-10-1-3-11(4-2-10)8-19-13(18)15-6-5-14-9-15/h1-6,9H,7-8H2,(H,16,17). The second kappa shape index (κ2) is 6.49. The summed E-state index contributed by atoms with van der Waals surface area (Å²) in [5.41, 5.74) is 1.92. The lowest BCUT2D eigenvalue weighted by Gasteiger charge is -2.05. The highest BCUT2D eigenvalue weighted by Gasteiger charge is 2.03. The molecule has 0 amide bonds. The van der Waals surface area contributed by atoms with Crippen LogP contribution in [0.25, 0.3) is 0 Å². The highest BCUT2D eigenvalue weighted by molar-refractivity contribution is 8.22. The molecule has 1 heterocycles. The van der Waals surface area contributed by atoms with Crippen molar-refractivity contribution in [2.45, 2.75) is 12.2 Å². The van der Waals surface area contributed by atoms with Crippen molar-refractivity contribution in [1.82, 2.24) is 9.55 Å². The van der Waals surface area contributed by atoms with Crippen molar-refractivity contribution < 1.29 is 9.90 Å². The number of hydrogen-bond donors (Lipinski definition) is 1. The van der Waals surface area contributed by atoms with Crippen LogP contribution in [0.4, 0.5) is 0 Å². The molecule has 0 saturated carbocycles. The normalized spacial score (nSPS) is 10.3. The zero-order chi connectivity index (χ0) is 13.7. The quantitative estimate of drug-likeness (QED) is 0.878. The number of hydrogen-bond acceptors (Lipinski definition) is 4. The maximum Gasteiger partial charge on any atom is 0.307 e. The van der Waals surface area contributed by atoms with Gasteiger partial charge in [0.2, 0.25) is 0 Å². The number of carboxylic acids is 1. The zero-order valence-electron chi connectivity index (χ0n) is 10.0. The molecule has 0 spiro atoms. The van der Waals surface area contributed by atoms with Crippen LogP contribution in [0, 0.1) is 0 Å². The first-order valence-electron chi connectivity index (χ1n) is 5.60. The lowest BCUT2D eigenvalue weighted by Crippen LogP contribution is -2.02. The first kappa shape index (κ1) is 13.8. The van der Waals surface area contributed by atoms with E-state index in [0.717, 1.165) is 21.2 Å². The number of thioether (sulfide) groups is 1. The van der Waals surface area contributed by atoms with Crippen LogP contribution in [-0.4, -0.2) is 24.9 Å². The Hall–Kier alpha value is -1.66. The maximum atomic E-state index is 10.6. The van der Waals surface area contributed by atoms with Gasteiger partial charge in [-0.2, -0.15) is 0 Å². The molecule has 1 aromatic heterocycles. The van der Waals surface area contributed by atoms with Gasteiger partial charge in [0.15, 0.2) is 0 Å². The van der Waals surface area contributed by atoms with Gasteiger partial charge in [0.25, 0.3) is 0 Å². The summed E-state index contributed by atoms with van der Waals surface area (Å²) >= 11 is 6.81. The summed E-state index contributed by atoms with van der Waals surface area (Å²) in [6.45, 7) is 0. The Balaban J connectivity index is 1.89. The second-order valence-corrected chi connectivity index (χ2v) is 5.52. The summed E-state index contributed by atoms with van der Waals surface area (Å²) in [5, 5.41) is 8.69. The second-order valence-electron chi connectivity index (χ2n) is 3.91. The van der Waals surface area contributed by atoms with Crippen molar-refractivity contribution >= 4 is 34.3 Å². The smallest absolute Gasteiger partial charge is 0.307 e. The highest BCUT2D eigenvalue weighted by Crippen LogP contribution is 2.16. The average Bonchev–Trinajstić information content (AvgIpc) is 2.91. The van der Waals surface area contributed by atoms with Crippen LogP contribution >= 0.6 is 24.0 Å². The molecular weight excluding hydrogens is 280 g/mol. The molecular formula is C13H12N2O2S2. The highest BCUT2D eigenvalue weighted by atomic mass is 32.2. The van der Waals surface area contributed by atoms with Crippen molar-refractivity contribution in [3.63, 3.8) is 0 Å². The van der Waals surface area contributed by atoms with Crippen LogP contribution in [0.3, 0.4) is 0 Å². The molecule has 98 valence electrons. The minimum atomic E-state index is -0.816. The van der Waals surface area contributed by atoms with E-state index in [1.54, 1.807) is 28.9 Å². The molecule has 0 radical (unpaired) electrons. The Morgan fingerprint density at radius 2 is 2.00 bits per heavy atom. The number of carbonyl (C=O) groups is 1. The van der Waals surface area contributed by atoms with Gasteiger partial charge >= 0.3 is 5.97 Å². The van der Waals surface area contributed by atoms with E-state index in [0.29, 0.717) is 0 Å². The lowest BCUT2D eigenvalue weighted by atomic mass is 10.1. The monoisotopic (exact) mass is 292 g/mol. The van der Waals surface area contributed by atoms with Crippen molar-refractivity contribution in [3.8, 4) is 0 Å². The van der Waals surface area contributed by atoms with Crippen LogP contribution in [-0.2, 0) is 17.0 Å². The van der Waals surface area contributed by atoms with Crippen LogP contribution in [0.15, 0.2) is 43.0 Å². The van der Waals surface area contributed by atoms with E-state index in [-0.39, 0.29) is 6.42 Å². The third-order valence-electron chi connectivity index (χ3n) is 2.46. The third-order valence-corrected chi connectivity index (χ3v) is 3.96. The van der Waals surface area contributed by atoms with Gasteiger partial charge in [-0.1, -0.05) is 48.2 Å². The molecule has 0 unspecified atom stereocenters. The number of benzene rings is 1. The number of nitrogens with zero attached hydrogens (tertiary/aromatic N) is 2. The van der Waals surface area contributed by atoms with Crippen LogP contribution in [0.2, 0.25) is 0 Å². The van der Waals surface area contributed by atoms with Crippen LogP contribution in [0.5, 0.6) is 0 Å². The molecule has 0 fully saturated rings. The van der Waals surface area contributed by atoms with Gasteiger partial charge in [0, 0.05) is 18.1 Å². The summed E-state index contributed by atoms with van der Waals surface area (Å²) < 4.78 is 2.53. The molecule has 19 heavy (non-hydrogen) atoms. The van der Waals surface area contributed by atoms with Crippen molar-refractivity contribution in [2.24, 2.45) is 0 Å². The van der Waals surface area contributed by atoms with Gasteiger partial charge in [-0.05, 0) is 11.1 Å². The summed E-state index contributed by atoms with van der Waals surface area (Å²) in [6.07, 6.45) is 5.23. The molecule has 1 N–H and O–H groups in total. The first-order chi connectivity index (χ1) is 9.15. The fourth-order valence-electron chi connectivity index (χ4n) is 1.51. The number of aromatic nitrogens is 2. The Morgan fingerprint density at radius 3 is 2.58 bits per heavy atom. The van der Waals surface area contributed by atoms with Gasteiger partial charge in [-0.3, -0.25) is 9.36 Å². The van der Waals surface area contributed by atoms with E-state index < -0.39 is 5.97 Å². The Bertz CT molecular complexity index is 565. The summed E-state index contributed by atoms with van der Waals surface area (Å²) in [4.78, 5) is 14.5. The number of carboxylic acid groups (broad SMARTS) is 1. The predicted molar refractivity (Wildman–Crippen MR) is 79.3 cm³/mol. The van der Waals surface area contributed by atoms with E-state index in [1.807, 2.05) is 30.5 Å². The Labute approximate surface area is 120 Å². The van der Waals surface area contributed by atoms with Gasteiger partial charge < -0.3 is 5.11 Å². The van der Waals surface area contributed by atoms with Gasteiger partial charge in [0.1, 0.15) is 10.6 Å². The van der Waals surface area contributed by atoms with Crippen molar-refractivity contribution in [3.05, 3.63) is 54.1 Å². The first-order valence-corrected chi connectivity index (χ1v) is 6.99. The van der Waals surface area contributed by atoms with Crippen molar-refractivity contribution in [2.75, 3.05) is 0 Å². The maximum absolute atomic E-state index is 10.6. The predicted octanol–water partition coefficient (Wildman–Crippen LogP) is 2.58. The van der Waals surface area contributed by atoms with E-state index >= 15 is 0 Å². The van der Waals surface area contributed by atoms with E-state index in [1.165, 1.54) is 0 Å². The fraction of sp³-hybridized carbons (Fsp3) is 0.154. The largest absolute Gasteiger partial charge is 0.481 e. The number of rotatable bonds is 4. The van der Waals surface area contributed by atoms with Crippen molar-refractivity contribution in [1.29, 1.82) is 0 Å². The molecule has 0 aliphatic heterocycles. The van der Waals surface area contributed by atoms with E-state index in [2.05, 4.69) is 4.98 Å². The minimum absolute atomic E-state index is 0.0564. The number of aliphatic carboxylic acids is 1. The average molecular weight is 292 g/mol. The van der Waals surface area contributed by atoms with Gasteiger partial charge in [-0.25, -0.2) is 4.98 Å². The molecule has 0 saturated heterocycles. The lowest BCUT2D eigenvalue weighted by molar-refractivity contribution is -0.136. The number of imidazole rings is 1. The van der Waals surface area contributed by atoms with Gasteiger partial charge in [-0.15, -0.1) is 0 Å². The fourth-order valence-corrected chi connectivity index (χ4v) is 2.54. The summed E-state index contributed by atoms with van der Waals surface area (Å²) in [5.74, 6) is -0.0620. The van der Waals surface area contributed by atoms with Crippen LogP contribution < -0.4 is 0 Å². The number of thiocarbonyl (C=S) groups is 1. The molecule has 0 aliphatic carbocycles. The summed E-state index contributed by atoms with van der Waals surface area (Å²) in [6, 6.07) is 7.54. The molecule has 2 rings (SSSR count). The Morgan fingerprint density at radius 1 is 1.32 bits per heavy atom. The third kappa shape index (κ3) is 4.18. The van der Waals surface area contributed by atoms with E-state index in [9.17, 15) is 4.79 Å². The van der Waals surface area contributed by atoms with E-state index in [4.69, 9.17) is 17.3 Å². The Kier molecular flexibility index (Phi) is 4.70. The topological polar surface area (TPSA) is 55.1 Å². The molecule has 4 nitrogen and oxygen atoms in total. The van der Waals surface area contributed by atoms with Crippen LogP contribution in [0.1, 0.15) is 11.1 Å². The van der Waals surface area contributed by atoms with Gasteiger partial charge in [0.05, 0.1) is 6.42 Å².